The standard InChI is InChI=1S/C8H12N2O2.C7H10N2O2.CH4/c1-10-5-8(7(10)12)2-3-9-6(11)4-8;10-5-3-7(1-2-8-5)4-9-6(7)11;/h2-5H2,1H3,(H,9,11);1-4H2,(H,8,10)(H,9,11);1H4. The summed E-state index contributed by atoms with van der Waals surface area (Å²) >= 11 is 0. The van der Waals surface area contributed by atoms with Crippen molar-refractivity contribution in [3.63, 3.8) is 0 Å². The molecule has 2 atom stereocenters. The first kappa shape index (κ1) is 18.2. The number of β-lactam (4-membered cyclic amide) rings is 2. The Morgan fingerprint density at radius 2 is 1.42 bits per heavy atom. The van der Waals surface area contributed by atoms with Crippen LogP contribution in [0.1, 0.15) is 33.1 Å². The first-order valence-corrected chi connectivity index (χ1v) is 7.94. The van der Waals surface area contributed by atoms with E-state index in [1.54, 1.807) is 11.9 Å². The molecule has 2 unspecified atom stereocenters. The van der Waals surface area contributed by atoms with Crippen LogP contribution in [0.2, 0.25) is 0 Å². The Balaban J connectivity index is 0.000000167. The molecular formula is C16H26N4O4. The summed E-state index contributed by atoms with van der Waals surface area (Å²) in [6, 6.07) is 0. The molecule has 4 aliphatic rings. The van der Waals surface area contributed by atoms with E-state index in [2.05, 4.69) is 16.0 Å². The molecule has 4 heterocycles. The van der Waals surface area contributed by atoms with Crippen LogP contribution in [0.3, 0.4) is 0 Å². The van der Waals surface area contributed by atoms with Crippen LogP contribution in [-0.4, -0.2) is 61.8 Å². The van der Waals surface area contributed by atoms with E-state index < -0.39 is 0 Å². The Hall–Kier alpha value is -2.12. The first-order chi connectivity index (χ1) is 10.9. The lowest BCUT2D eigenvalue weighted by Gasteiger charge is -2.48. The van der Waals surface area contributed by atoms with Crippen LogP contribution in [0.4, 0.5) is 0 Å². The summed E-state index contributed by atoms with van der Waals surface area (Å²) in [7, 11) is 1.78. The molecule has 8 nitrogen and oxygen atoms in total. The number of carbonyl (C=O) groups is 4. The Morgan fingerprint density at radius 1 is 0.875 bits per heavy atom. The van der Waals surface area contributed by atoms with Gasteiger partial charge >= 0.3 is 0 Å². The van der Waals surface area contributed by atoms with Crippen molar-refractivity contribution in [1.82, 2.24) is 20.9 Å². The third-order valence-electron chi connectivity index (χ3n) is 5.26. The highest BCUT2D eigenvalue weighted by Crippen LogP contribution is 2.39. The molecule has 134 valence electrons. The van der Waals surface area contributed by atoms with E-state index in [0.717, 1.165) is 19.4 Å². The average Bonchev–Trinajstić information content (AvgIpc) is 2.54. The molecule has 3 N–H and O–H groups in total. The maximum atomic E-state index is 11.4. The lowest BCUT2D eigenvalue weighted by molar-refractivity contribution is -0.163. The van der Waals surface area contributed by atoms with Crippen LogP contribution in [0.25, 0.3) is 0 Å². The molecular weight excluding hydrogens is 312 g/mol. The molecule has 8 heteroatoms. The van der Waals surface area contributed by atoms with E-state index in [1.165, 1.54) is 0 Å². The zero-order chi connectivity index (χ0) is 16.7. The number of likely N-dealkylation sites (tertiary alicyclic amines) is 1. The molecule has 0 aromatic heterocycles. The summed E-state index contributed by atoms with van der Waals surface area (Å²) in [6.07, 6.45) is 2.36. The van der Waals surface area contributed by atoms with Crippen molar-refractivity contribution in [3.8, 4) is 0 Å². The van der Waals surface area contributed by atoms with Gasteiger partial charge < -0.3 is 20.9 Å². The minimum atomic E-state index is -0.331. The van der Waals surface area contributed by atoms with Crippen molar-refractivity contribution in [2.45, 2.75) is 33.1 Å². The molecule has 2 spiro atoms. The summed E-state index contributed by atoms with van der Waals surface area (Å²) in [4.78, 5) is 46.1. The molecule has 0 aliphatic carbocycles. The number of hydrogen-bond donors (Lipinski definition) is 3. The molecule has 0 bridgehead atoms. The Morgan fingerprint density at radius 3 is 1.75 bits per heavy atom. The molecule has 4 amide bonds. The van der Waals surface area contributed by atoms with Gasteiger partial charge in [-0.25, -0.2) is 0 Å². The van der Waals surface area contributed by atoms with Crippen LogP contribution in [0, 0.1) is 10.8 Å². The second-order valence-corrected chi connectivity index (χ2v) is 6.96. The number of carbonyl (C=O) groups excluding carboxylic acids is 4. The van der Waals surface area contributed by atoms with Crippen LogP contribution < -0.4 is 16.0 Å². The maximum absolute atomic E-state index is 11.4. The predicted octanol–water partition coefficient (Wildman–Crippen LogP) is -0.996. The largest absolute Gasteiger partial charge is 0.356 e. The van der Waals surface area contributed by atoms with Gasteiger partial charge in [0.1, 0.15) is 0 Å². The quantitative estimate of drug-likeness (QED) is 0.493. The lowest BCUT2D eigenvalue weighted by atomic mass is 9.71. The van der Waals surface area contributed by atoms with E-state index in [4.69, 9.17) is 0 Å². The third kappa shape index (κ3) is 2.97. The number of nitrogens with zero attached hydrogens (tertiary/aromatic N) is 1. The Kier molecular flexibility index (Phi) is 4.87. The maximum Gasteiger partial charge on any atom is 0.230 e. The van der Waals surface area contributed by atoms with Gasteiger partial charge in [-0.05, 0) is 12.8 Å². The van der Waals surface area contributed by atoms with Crippen LogP contribution in [-0.2, 0) is 19.2 Å². The highest BCUT2D eigenvalue weighted by Gasteiger charge is 2.52. The smallest absolute Gasteiger partial charge is 0.230 e. The molecule has 0 aromatic rings. The molecule has 0 aromatic carbocycles. The number of hydrogen-bond acceptors (Lipinski definition) is 4. The van der Waals surface area contributed by atoms with E-state index in [-0.39, 0.29) is 41.9 Å². The van der Waals surface area contributed by atoms with Gasteiger partial charge in [0.15, 0.2) is 0 Å². The molecule has 24 heavy (non-hydrogen) atoms. The average molecular weight is 338 g/mol. The normalized spacial score (nSPS) is 34.0. The highest BCUT2D eigenvalue weighted by molar-refractivity contribution is 5.95. The minimum Gasteiger partial charge on any atom is -0.356 e. The van der Waals surface area contributed by atoms with Crippen LogP contribution in [0.15, 0.2) is 0 Å². The van der Waals surface area contributed by atoms with Gasteiger partial charge in [-0.2, -0.15) is 0 Å². The van der Waals surface area contributed by atoms with Gasteiger partial charge in [-0.15, -0.1) is 0 Å². The van der Waals surface area contributed by atoms with Crippen LogP contribution in [0.5, 0.6) is 0 Å². The zero-order valence-corrected chi connectivity index (χ0v) is 13.2. The Labute approximate surface area is 141 Å². The van der Waals surface area contributed by atoms with E-state index in [9.17, 15) is 19.2 Å². The third-order valence-corrected chi connectivity index (χ3v) is 5.26. The predicted molar refractivity (Wildman–Crippen MR) is 86.7 cm³/mol. The Bertz CT molecular complexity index is 574. The van der Waals surface area contributed by atoms with Crippen molar-refractivity contribution < 1.29 is 19.2 Å². The number of rotatable bonds is 0. The summed E-state index contributed by atoms with van der Waals surface area (Å²) in [5, 5.41) is 8.11. The SMILES string of the molecule is C.CN1CC2(CCNC(=O)C2)C1=O.O=C1CC2(CCN1)CNC2=O. The summed E-state index contributed by atoms with van der Waals surface area (Å²) in [5.41, 5.74) is -0.653. The number of piperidine rings is 2. The number of amides is 4. The van der Waals surface area contributed by atoms with E-state index >= 15 is 0 Å². The van der Waals surface area contributed by atoms with E-state index in [0.29, 0.717) is 32.5 Å². The van der Waals surface area contributed by atoms with Crippen molar-refractivity contribution in [1.29, 1.82) is 0 Å². The summed E-state index contributed by atoms with van der Waals surface area (Å²) in [6.45, 7) is 2.73. The van der Waals surface area contributed by atoms with Crippen LogP contribution >= 0.6 is 0 Å². The summed E-state index contributed by atoms with van der Waals surface area (Å²) < 4.78 is 0. The number of nitrogens with one attached hydrogen (secondary N) is 3. The minimum absolute atomic E-state index is 0. The molecule has 0 saturated carbocycles. The lowest BCUT2D eigenvalue weighted by Crippen LogP contribution is -2.63. The molecule has 0 radical (unpaired) electrons. The topological polar surface area (TPSA) is 108 Å². The fourth-order valence-corrected chi connectivity index (χ4v) is 3.78. The van der Waals surface area contributed by atoms with Crippen molar-refractivity contribution in [2.24, 2.45) is 10.8 Å². The second-order valence-electron chi connectivity index (χ2n) is 6.96. The van der Waals surface area contributed by atoms with Crippen molar-refractivity contribution in [2.75, 3.05) is 33.2 Å². The zero-order valence-electron chi connectivity index (χ0n) is 13.2. The van der Waals surface area contributed by atoms with Gasteiger partial charge in [0.25, 0.3) is 0 Å². The second kappa shape index (κ2) is 6.41. The van der Waals surface area contributed by atoms with Gasteiger partial charge in [0, 0.05) is 46.1 Å². The fraction of sp³-hybridized carbons (Fsp3) is 0.750. The van der Waals surface area contributed by atoms with Crippen molar-refractivity contribution >= 4 is 23.6 Å². The van der Waals surface area contributed by atoms with Crippen molar-refractivity contribution in [3.05, 3.63) is 0 Å². The van der Waals surface area contributed by atoms with Gasteiger partial charge in [-0.3, -0.25) is 19.2 Å². The molecule has 4 aliphatic heterocycles. The molecule has 4 fully saturated rings. The van der Waals surface area contributed by atoms with Gasteiger partial charge in [0.05, 0.1) is 10.8 Å². The fourth-order valence-electron chi connectivity index (χ4n) is 3.78. The first-order valence-electron chi connectivity index (χ1n) is 7.94. The highest BCUT2D eigenvalue weighted by atomic mass is 16.2. The van der Waals surface area contributed by atoms with Gasteiger partial charge in [0.2, 0.25) is 23.6 Å². The van der Waals surface area contributed by atoms with Gasteiger partial charge in [-0.1, -0.05) is 7.43 Å². The monoisotopic (exact) mass is 338 g/mol. The summed E-state index contributed by atoms with van der Waals surface area (Å²) in [5.74, 6) is 0.207. The molecule has 4 rings (SSSR count). The molecule has 4 saturated heterocycles. The van der Waals surface area contributed by atoms with E-state index in [1.807, 2.05) is 0 Å².